The first-order chi connectivity index (χ1) is 12.5. The van der Waals surface area contributed by atoms with Gasteiger partial charge in [0.05, 0.1) is 0 Å². The van der Waals surface area contributed by atoms with E-state index in [1.807, 2.05) is 22.7 Å². The standard InChI is InChI=1S/C12H15NS.C11H12S.CH4/c1-9-5-4-6-11-12(9)10(8-14-11)7-13(2)3;1-3-9-7-12-10-6-4-5-8(2)11(9)10;/h4-6,8H,7H2,1-3H3;4-7H,3H2,1-2H3;1H4. The van der Waals surface area contributed by atoms with Crippen molar-refractivity contribution in [1.82, 2.24) is 4.90 Å². The summed E-state index contributed by atoms with van der Waals surface area (Å²) in [6, 6.07) is 13.0. The molecule has 4 rings (SSSR count). The Hall–Kier alpha value is -1.68. The van der Waals surface area contributed by atoms with Crippen LogP contribution in [-0.4, -0.2) is 19.0 Å². The summed E-state index contributed by atoms with van der Waals surface area (Å²) in [7, 11) is 4.23. The molecule has 0 atom stereocenters. The molecule has 2 aromatic heterocycles. The molecule has 4 aromatic rings. The molecule has 0 N–H and O–H groups in total. The predicted molar refractivity (Wildman–Crippen MR) is 127 cm³/mol. The molecule has 2 heterocycles. The molecular formula is C24H31NS2. The van der Waals surface area contributed by atoms with Gasteiger partial charge in [-0.25, -0.2) is 0 Å². The van der Waals surface area contributed by atoms with Crippen LogP contribution < -0.4 is 0 Å². The molecule has 27 heavy (non-hydrogen) atoms. The van der Waals surface area contributed by atoms with Crippen molar-refractivity contribution in [2.45, 2.75) is 41.2 Å². The zero-order valence-corrected chi connectivity index (χ0v) is 17.9. The van der Waals surface area contributed by atoms with Crippen molar-refractivity contribution in [2.75, 3.05) is 14.1 Å². The summed E-state index contributed by atoms with van der Waals surface area (Å²) < 4.78 is 2.83. The molecule has 0 saturated heterocycles. The maximum absolute atomic E-state index is 2.28. The third kappa shape index (κ3) is 4.78. The van der Waals surface area contributed by atoms with Gasteiger partial charge in [0.2, 0.25) is 0 Å². The molecule has 144 valence electrons. The van der Waals surface area contributed by atoms with Crippen molar-refractivity contribution in [2.24, 2.45) is 0 Å². The number of fused-ring (bicyclic) bond motifs is 2. The molecule has 0 aliphatic rings. The second kappa shape index (κ2) is 9.50. The largest absolute Gasteiger partial charge is 0.305 e. The third-order valence-electron chi connectivity index (χ3n) is 4.64. The molecule has 3 heteroatoms. The van der Waals surface area contributed by atoms with Gasteiger partial charge in [-0.15, -0.1) is 22.7 Å². The van der Waals surface area contributed by atoms with E-state index >= 15 is 0 Å². The molecule has 2 aromatic carbocycles. The van der Waals surface area contributed by atoms with Crippen LogP contribution in [-0.2, 0) is 13.0 Å². The molecule has 0 bridgehead atoms. The minimum absolute atomic E-state index is 0. The lowest BCUT2D eigenvalue weighted by Crippen LogP contribution is -2.10. The molecular weight excluding hydrogens is 366 g/mol. The van der Waals surface area contributed by atoms with Crippen LogP contribution in [0.2, 0.25) is 0 Å². The van der Waals surface area contributed by atoms with Gasteiger partial charge in [0, 0.05) is 15.9 Å². The predicted octanol–water partition coefficient (Wildman–Crippen LogP) is 7.68. The fraction of sp³-hybridized carbons (Fsp3) is 0.333. The highest BCUT2D eigenvalue weighted by molar-refractivity contribution is 7.17. The van der Waals surface area contributed by atoms with Crippen LogP contribution in [0.5, 0.6) is 0 Å². The van der Waals surface area contributed by atoms with E-state index in [-0.39, 0.29) is 7.43 Å². The zero-order chi connectivity index (χ0) is 18.7. The van der Waals surface area contributed by atoms with Gasteiger partial charge in [-0.1, -0.05) is 38.6 Å². The Morgan fingerprint density at radius 1 is 0.778 bits per heavy atom. The van der Waals surface area contributed by atoms with Gasteiger partial charge >= 0.3 is 0 Å². The maximum Gasteiger partial charge on any atom is 0.0348 e. The lowest BCUT2D eigenvalue weighted by molar-refractivity contribution is 0.404. The van der Waals surface area contributed by atoms with Gasteiger partial charge in [-0.05, 0) is 90.3 Å². The van der Waals surface area contributed by atoms with Crippen molar-refractivity contribution >= 4 is 42.8 Å². The van der Waals surface area contributed by atoms with Crippen LogP contribution in [0.1, 0.15) is 36.6 Å². The Kier molecular flexibility index (Phi) is 7.60. The quantitative estimate of drug-likeness (QED) is 0.342. The number of thiophene rings is 2. The van der Waals surface area contributed by atoms with Gasteiger partial charge in [0.15, 0.2) is 0 Å². The van der Waals surface area contributed by atoms with Crippen molar-refractivity contribution in [3.05, 3.63) is 69.4 Å². The van der Waals surface area contributed by atoms with Crippen LogP contribution in [0.15, 0.2) is 47.2 Å². The van der Waals surface area contributed by atoms with Gasteiger partial charge in [0.1, 0.15) is 0 Å². The van der Waals surface area contributed by atoms with Crippen molar-refractivity contribution < 1.29 is 0 Å². The van der Waals surface area contributed by atoms with E-state index in [2.05, 4.69) is 86.9 Å². The highest BCUT2D eigenvalue weighted by atomic mass is 32.1. The number of hydrogen-bond donors (Lipinski definition) is 0. The lowest BCUT2D eigenvalue weighted by atomic mass is 10.1. The Morgan fingerprint density at radius 3 is 1.74 bits per heavy atom. The second-order valence-electron chi connectivity index (χ2n) is 7.01. The van der Waals surface area contributed by atoms with Crippen molar-refractivity contribution in [3.8, 4) is 0 Å². The highest BCUT2D eigenvalue weighted by Crippen LogP contribution is 2.29. The van der Waals surface area contributed by atoms with Gasteiger partial charge in [-0.3, -0.25) is 0 Å². The van der Waals surface area contributed by atoms with Crippen LogP contribution >= 0.6 is 22.7 Å². The van der Waals surface area contributed by atoms with E-state index in [9.17, 15) is 0 Å². The van der Waals surface area contributed by atoms with Crippen LogP contribution in [0.25, 0.3) is 20.2 Å². The number of hydrogen-bond acceptors (Lipinski definition) is 3. The summed E-state index contributed by atoms with van der Waals surface area (Å²) in [6.45, 7) is 7.63. The minimum atomic E-state index is 0. The molecule has 0 radical (unpaired) electrons. The first kappa shape index (κ1) is 21.6. The van der Waals surface area contributed by atoms with E-state index in [0.717, 1.165) is 13.0 Å². The minimum Gasteiger partial charge on any atom is -0.305 e. The number of nitrogens with zero attached hydrogens (tertiary/aromatic N) is 1. The summed E-state index contributed by atoms with van der Waals surface area (Å²) >= 11 is 3.70. The Labute approximate surface area is 172 Å². The van der Waals surface area contributed by atoms with Gasteiger partial charge in [-0.2, -0.15) is 0 Å². The van der Waals surface area contributed by atoms with Crippen molar-refractivity contribution in [1.29, 1.82) is 0 Å². The Balaban J connectivity index is 0.000000189. The molecule has 0 fully saturated rings. The second-order valence-corrected chi connectivity index (χ2v) is 8.83. The fourth-order valence-electron chi connectivity index (χ4n) is 3.41. The molecule has 0 amide bonds. The van der Waals surface area contributed by atoms with E-state index in [1.54, 1.807) is 0 Å². The number of rotatable bonds is 3. The fourth-order valence-corrected chi connectivity index (χ4v) is 5.55. The van der Waals surface area contributed by atoms with E-state index in [4.69, 9.17) is 0 Å². The topological polar surface area (TPSA) is 3.24 Å². The van der Waals surface area contributed by atoms with E-state index < -0.39 is 0 Å². The smallest absolute Gasteiger partial charge is 0.0348 e. The van der Waals surface area contributed by atoms with E-state index in [1.165, 1.54) is 42.4 Å². The number of aryl methyl sites for hydroxylation is 3. The molecule has 1 nitrogen and oxygen atoms in total. The summed E-state index contributed by atoms with van der Waals surface area (Å²) in [5, 5.41) is 7.48. The number of benzene rings is 2. The molecule has 0 aliphatic heterocycles. The average molecular weight is 398 g/mol. The van der Waals surface area contributed by atoms with Crippen molar-refractivity contribution in [3.63, 3.8) is 0 Å². The van der Waals surface area contributed by atoms with Gasteiger partial charge < -0.3 is 4.90 Å². The summed E-state index contributed by atoms with van der Waals surface area (Å²) in [5.41, 5.74) is 5.74. The van der Waals surface area contributed by atoms with Gasteiger partial charge in [0.25, 0.3) is 0 Å². The van der Waals surface area contributed by atoms with E-state index in [0.29, 0.717) is 0 Å². The summed E-state index contributed by atoms with van der Waals surface area (Å²) in [6.07, 6.45) is 1.14. The Bertz CT molecular complexity index is 1010. The molecule has 0 aliphatic carbocycles. The van der Waals surface area contributed by atoms with Crippen LogP contribution in [0.3, 0.4) is 0 Å². The molecule has 0 saturated carbocycles. The monoisotopic (exact) mass is 397 g/mol. The first-order valence-corrected chi connectivity index (χ1v) is 10.8. The summed E-state index contributed by atoms with van der Waals surface area (Å²) in [4.78, 5) is 2.22. The lowest BCUT2D eigenvalue weighted by Gasteiger charge is -2.09. The normalized spacial score (nSPS) is 10.7. The summed E-state index contributed by atoms with van der Waals surface area (Å²) in [5.74, 6) is 0. The SMILES string of the molecule is C.CCc1csc2cccc(C)c12.Cc1cccc2scc(CN(C)C)c12. The van der Waals surface area contributed by atoms with Crippen LogP contribution in [0, 0.1) is 13.8 Å². The first-order valence-electron chi connectivity index (χ1n) is 9.07. The molecule has 0 unspecified atom stereocenters. The Morgan fingerprint density at radius 2 is 1.26 bits per heavy atom. The average Bonchev–Trinajstić information content (AvgIpc) is 3.21. The van der Waals surface area contributed by atoms with Crippen LogP contribution in [0.4, 0.5) is 0 Å². The third-order valence-corrected chi connectivity index (χ3v) is 6.63. The highest BCUT2D eigenvalue weighted by Gasteiger charge is 2.06. The maximum atomic E-state index is 2.28. The molecule has 0 spiro atoms. The zero-order valence-electron chi connectivity index (χ0n) is 16.3.